The standard InChI is InChI=1S/C20H35NO16/c1-5(25)21-9-17(11(27)7(3-23)33-18(9)32)37-20-15(31)13(29)16(8(4-24)35-20)36-19-14(30)12(28)10(26)6(2-22)34-19/h6-20,22-24,26-32H,2-4H2,1H3,(H,21,25)/t6-,7-,8-,9-,10-,11+,12+,13-,14-,15-,16+,17-,18-,19-,20+/m1/s1. The molecule has 0 aromatic rings. The minimum atomic E-state index is -1.93. The van der Waals surface area contributed by atoms with E-state index in [0.717, 1.165) is 6.92 Å². The Morgan fingerprint density at radius 2 is 1.14 bits per heavy atom. The average Bonchev–Trinajstić information content (AvgIpc) is 2.87. The van der Waals surface area contributed by atoms with E-state index in [1.165, 1.54) is 0 Å². The molecule has 0 radical (unpaired) electrons. The summed E-state index contributed by atoms with van der Waals surface area (Å²) >= 11 is 0. The van der Waals surface area contributed by atoms with Crippen LogP contribution in [0.5, 0.6) is 0 Å². The molecule has 0 unspecified atom stereocenters. The van der Waals surface area contributed by atoms with E-state index in [4.69, 9.17) is 23.7 Å². The fraction of sp³-hybridized carbons (Fsp3) is 0.950. The molecule has 3 heterocycles. The lowest BCUT2D eigenvalue weighted by Crippen LogP contribution is -2.68. The van der Waals surface area contributed by atoms with Crippen molar-refractivity contribution in [2.24, 2.45) is 0 Å². The van der Waals surface area contributed by atoms with E-state index in [0.29, 0.717) is 0 Å². The van der Waals surface area contributed by atoms with Crippen LogP contribution in [0.2, 0.25) is 0 Å². The van der Waals surface area contributed by atoms with Crippen LogP contribution in [-0.2, 0) is 28.5 Å². The summed E-state index contributed by atoms with van der Waals surface area (Å²) in [5, 5.41) is 103. The van der Waals surface area contributed by atoms with Crippen LogP contribution in [-0.4, -0.2) is 169 Å². The van der Waals surface area contributed by atoms with E-state index in [1.54, 1.807) is 0 Å². The van der Waals surface area contributed by atoms with Crippen LogP contribution in [0.4, 0.5) is 0 Å². The molecule has 0 spiro atoms. The van der Waals surface area contributed by atoms with Crippen molar-refractivity contribution in [1.29, 1.82) is 0 Å². The molecule has 0 bridgehead atoms. The average molecular weight is 545 g/mol. The molecule has 3 aliphatic heterocycles. The summed E-state index contributed by atoms with van der Waals surface area (Å²) in [5.41, 5.74) is 0. The second kappa shape index (κ2) is 12.8. The Bertz CT molecular complexity index is 743. The Kier molecular flexibility index (Phi) is 10.5. The zero-order valence-electron chi connectivity index (χ0n) is 19.7. The van der Waals surface area contributed by atoms with Crippen molar-refractivity contribution in [1.82, 2.24) is 5.32 Å². The summed E-state index contributed by atoms with van der Waals surface area (Å²) in [6.45, 7) is -1.21. The van der Waals surface area contributed by atoms with Crippen LogP contribution in [0.1, 0.15) is 6.92 Å². The van der Waals surface area contributed by atoms with Gasteiger partial charge < -0.3 is 80.1 Å². The van der Waals surface area contributed by atoms with Gasteiger partial charge in [-0.05, 0) is 0 Å². The molecule has 216 valence electrons. The molecule has 3 aliphatic rings. The molecule has 0 aromatic heterocycles. The third kappa shape index (κ3) is 6.38. The number of amides is 1. The maximum absolute atomic E-state index is 11.6. The first-order chi connectivity index (χ1) is 17.4. The summed E-state index contributed by atoms with van der Waals surface area (Å²) in [5.74, 6) is -0.637. The molecule has 17 nitrogen and oxygen atoms in total. The van der Waals surface area contributed by atoms with Gasteiger partial charge in [0.2, 0.25) is 5.91 Å². The first-order valence-electron chi connectivity index (χ1n) is 11.6. The van der Waals surface area contributed by atoms with Crippen LogP contribution in [0.25, 0.3) is 0 Å². The normalized spacial score (nSPS) is 49.0. The maximum atomic E-state index is 11.6. The Morgan fingerprint density at radius 1 is 0.649 bits per heavy atom. The summed E-state index contributed by atoms with van der Waals surface area (Å²) in [4.78, 5) is 11.6. The maximum Gasteiger partial charge on any atom is 0.217 e. The number of hydrogen-bond acceptors (Lipinski definition) is 16. The predicted octanol–water partition coefficient (Wildman–Crippen LogP) is -7.43. The third-order valence-electron chi connectivity index (χ3n) is 6.49. The Balaban J connectivity index is 1.76. The van der Waals surface area contributed by atoms with Crippen molar-refractivity contribution < 1.29 is 79.5 Å². The summed E-state index contributed by atoms with van der Waals surface area (Å²) < 4.78 is 26.9. The molecular formula is C20H35NO16. The van der Waals surface area contributed by atoms with Gasteiger partial charge in [0, 0.05) is 6.92 Å². The van der Waals surface area contributed by atoms with Crippen LogP contribution < -0.4 is 5.32 Å². The van der Waals surface area contributed by atoms with E-state index in [1.807, 2.05) is 0 Å². The van der Waals surface area contributed by atoms with E-state index in [2.05, 4.69) is 5.32 Å². The predicted molar refractivity (Wildman–Crippen MR) is 113 cm³/mol. The lowest BCUT2D eigenvalue weighted by molar-refractivity contribution is -0.372. The molecule has 0 aliphatic carbocycles. The van der Waals surface area contributed by atoms with Gasteiger partial charge in [0.15, 0.2) is 18.9 Å². The van der Waals surface area contributed by atoms with Crippen LogP contribution >= 0.6 is 0 Å². The molecular weight excluding hydrogens is 510 g/mol. The van der Waals surface area contributed by atoms with E-state index in [9.17, 15) is 55.9 Å². The zero-order valence-corrected chi connectivity index (χ0v) is 19.7. The number of hydrogen-bond donors (Lipinski definition) is 11. The summed E-state index contributed by atoms with van der Waals surface area (Å²) in [6.07, 6.45) is -23.3. The van der Waals surface area contributed by atoms with Gasteiger partial charge in [-0.25, -0.2) is 0 Å². The monoisotopic (exact) mass is 545 g/mol. The van der Waals surface area contributed by atoms with Crippen molar-refractivity contribution in [3.8, 4) is 0 Å². The van der Waals surface area contributed by atoms with Gasteiger partial charge in [0.05, 0.1) is 19.8 Å². The Morgan fingerprint density at radius 3 is 1.68 bits per heavy atom. The van der Waals surface area contributed by atoms with E-state index in [-0.39, 0.29) is 0 Å². The first-order valence-corrected chi connectivity index (χ1v) is 11.6. The highest BCUT2D eigenvalue weighted by molar-refractivity contribution is 5.73. The minimum Gasteiger partial charge on any atom is -0.394 e. The van der Waals surface area contributed by atoms with Gasteiger partial charge in [0.25, 0.3) is 0 Å². The number of rotatable bonds is 8. The molecule has 11 N–H and O–H groups in total. The van der Waals surface area contributed by atoms with Crippen molar-refractivity contribution in [2.45, 2.75) is 99.0 Å². The quantitative estimate of drug-likeness (QED) is 0.135. The zero-order chi connectivity index (χ0) is 27.6. The molecule has 0 saturated carbocycles. The van der Waals surface area contributed by atoms with E-state index < -0.39 is 118 Å². The van der Waals surface area contributed by atoms with Crippen molar-refractivity contribution in [3.63, 3.8) is 0 Å². The van der Waals surface area contributed by atoms with Gasteiger partial charge in [0.1, 0.15) is 73.2 Å². The number of aliphatic hydroxyl groups excluding tert-OH is 10. The van der Waals surface area contributed by atoms with Crippen molar-refractivity contribution >= 4 is 5.91 Å². The van der Waals surface area contributed by atoms with Gasteiger partial charge in [-0.1, -0.05) is 0 Å². The van der Waals surface area contributed by atoms with E-state index >= 15 is 0 Å². The SMILES string of the molecule is CC(=O)N[C@@H]1[C@@H](O[C@@H]2O[C@H](CO)[C@H](O[C@H]3O[C@H](CO)[C@@H](O)[C@H](O)[C@H]3O)[C@H](O)[C@H]2O)[C@@H](O)[C@@H](CO)O[C@H]1O. The molecule has 1 amide bonds. The van der Waals surface area contributed by atoms with Crippen LogP contribution in [0, 0.1) is 0 Å². The second-order valence-corrected chi connectivity index (χ2v) is 9.07. The number of carbonyl (C=O) groups excluding carboxylic acids is 1. The minimum absolute atomic E-state index is 0.637. The molecule has 3 saturated heterocycles. The molecule has 37 heavy (non-hydrogen) atoms. The highest BCUT2D eigenvalue weighted by Gasteiger charge is 2.53. The molecule has 17 heteroatoms. The summed E-state index contributed by atoms with van der Waals surface area (Å²) in [6, 6.07) is -1.39. The van der Waals surface area contributed by atoms with Gasteiger partial charge in [-0.15, -0.1) is 0 Å². The van der Waals surface area contributed by atoms with Gasteiger partial charge in [-0.3, -0.25) is 4.79 Å². The van der Waals surface area contributed by atoms with Crippen LogP contribution in [0.3, 0.4) is 0 Å². The molecule has 3 fully saturated rings. The molecule has 15 atom stereocenters. The number of nitrogens with one attached hydrogen (secondary N) is 1. The lowest BCUT2D eigenvalue weighted by atomic mass is 9.95. The molecule has 3 rings (SSSR count). The smallest absolute Gasteiger partial charge is 0.217 e. The molecule has 0 aromatic carbocycles. The lowest BCUT2D eigenvalue weighted by Gasteiger charge is -2.48. The van der Waals surface area contributed by atoms with Crippen LogP contribution in [0.15, 0.2) is 0 Å². The fourth-order valence-corrected chi connectivity index (χ4v) is 4.46. The van der Waals surface area contributed by atoms with Gasteiger partial charge >= 0.3 is 0 Å². The second-order valence-electron chi connectivity index (χ2n) is 9.07. The van der Waals surface area contributed by atoms with Crippen molar-refractivity contribution in [2.75, 3.05) is 19.8 Å². The number of aliphatic hydroxyl groups is 10. The van der Waals surface area contributed by atoms with Crippen molar-refractivity contribution in [3.05, 3.63) is 0 Å². The number of carbonyl (C=O) groups is 1. The topological polar surface area (TPSA) is 278 Å². The highest BCUT2D eigenvalue weighted by atomic mass is 16.7. The van der Waals surface area contributed by atoms with Gasteiger partial charge in [-0.2, -0.15) is 0 Å². The Labute approximate surface area is 210 Å². The highest BCUT2D eigenvalue weighted by Crippen LogP contribution is 2.32. The first kappa shape index (κ1) is 30.4. The summed E-state index contributed by atoms with van der Waals surface area (Å²) in [7, 11) is 0. The number of ether oxygens (including phenoxy) is 5. The third-order valence-corrected chi connectivity index (χ3v) is 6.49. The Hall–Kier alpha value is -1.13. The largest absolute Gasteiger partial charge is 0.394 e. The fourth-order valence-electron chi connectivity index (χ4n) is 4.46.